The second-order valence-electron chi connectivity index (χ2n) is 21.0. The normalized spacial score (nSPS) is 14.3. The molecule has 0 bridgehead atoms. The summed E-state index contributed by atoms with van der Waals surface area (Å²) in [6.45, 7) is 4.72. The van der Waals surface area contributed by atoms with Gasteiger partial charge in [0.15, 0.2) is 12.2 Å². The van der Waals surface area contributed by atoms with Crippen LogP contribution in [-0.4, -0.2) is 96.7 Å². The lowest BCUT2D eigenvalue weighted by molar-refractivity contribution is -0.161. The zero-order chi connectivity index (χ0) is 56.9. The maximum atomic E-state index is 12.9. The molecule has 17 nitrogen and oxygen atoms in total. The van der Waals surface area contributed by atoms with Crippen LogP contribution in [0.5, 0.6) is 0 Å². The molecule has 3 N–H and O–H groups in total. The predicted molar refractivity (Wildman–Crippen MR) is 303 cm³/mol. The highest BCUT2D eigenvalue weighted by Crippen LogP contribution is 2.45. The number of phosphoric acid groups is 2. The van der Waals surface area contributed by atoms with E-state index in [-0.39, 0.29) is 25.7 Å². The molecule has 456 valence electrons. The third-order valence-corrected chi connectivity index (χ3v) is 15.3. The molecule has 0 amide bonds. The van der Waals surface area contributed by atoms with Crippen molar-refractivity contribution in [3.05, 3.63) is 0 Å². The summed E-state index contributed by atoms with van der Waals surface area (Å²) in [5.74, 6) is -2.15. The summed E-state index contributed by atoms with van der Waals surface area (Å²) in [7, 11) is -9.86. The Hall–Kier alpha value is -1.94. The molecule has 77 heavy (non-hydrogen) atoms. The van der Waals surface area contributed by atoms with Gasteiger partial charge in [-0.2, -0.15) is 0 Å². The number of rotatable bonds is 59. The van der Waals surface area contributed by atoms with E-state index in [4.69, 9.17) is 37.0 Å². The number of carbonyl (C=O) groups is 4. The van der Waals surface area contributed by atoms with Crippen LogP contribution in [0, 0.1) is 0 Å². The van der Waals surface area contributed by atoms with Crippen molar-refractivity contribution in [3.8, 4) is 0 Å². The monoisotopic (exact) mass is 1140 g/mol. The Labute approximate surface area is 467 Å². The fourth-order valence-electron chi connectivity index (χ4n) is 8.57. The predicted octanol–water partition coefficient (Wildman–Crippen LogP) is 15.6. The van der Waals surface area contributed by atoms with Crippen LogP contribution in [0.15, 0.2) is 0 Å². The van der Waals surface area contributed by atoms with Gasteiger partial charge < -0.3 is 33.8 Å². The lowest BCUT2D eigenvalue weighted by Crippen LogP contribution is -2.30. The molecule has 0 aliphatic carbocycles. The van der Waals surface area contributed by atoms with Crippen LogP contribution in [0.3, 0.4) is 0 Å². The molecule has 2 unspecified atom stereocenters. The van der Waals surface area contributed by atoms with Crippen LogP contribution >= 0.6 is 15.6 Å². The van der Waals surface area contributed by atoms with E-state index in [0.717, 1.165) is 109 Å². The summed E-state index contributed by atoms with van der Waals surface area (Å²) in [5, 5.41) is 10.5. The fraction of sp³-hybridized carbons (Fsp3) is 0.931. The Balaban J connectivity index is 5.16. The summed E-state index contributed by atoms with van der Waals surface area (Å²) in [6.07, 6.45) is 36.6. The molecule has 0 aromatic carbocycles. The van der Waals surface area contributed by atoms with Gasteiger partial charge in [-0.1, -0.05) is 240 Å². The lowest BCUT2D eigenvalue weighted by atomic mass is 10.0. The lowest BCUT2D eigenvalue weighted by Gasteiger charge is -2.21. The minimum absolute atomic E-state index is 0.103. The molecule has 0 saturated heterocycles. The number of ether oxygens (including phenoxy) is 4. The molecule has 0 aromatic rings. The highest BCUT2D eigenvalue weighted by Gasteiger charge is 2.30. The highest BCUT2D eigenvalue weighted by atomic mass is 31.2. The fourth-order valence-corrected chi connectivity index (χ4v) is 10.2. The van der Waals surface area contributed by atoms with E-state index in [1.165, 1.54) is 103 Å². The first-order valence-corrected chi connectivity index (χ1v) is 33.8. The van der Waals surface area contributed by atoms with Crippen molar-refractivity contribution in [3.63, 3.8) is 0 Å². The van der Waals surface area contributed by atoms with Crippen LogP contribution in [0.25, 0.3) is 0 Å². The minimum Gasteiger partial charge on any atom is -0.462 e. The molecule has 0 heterocycles. The maximum Gasteiger partial charge on any atom is 0.472 e. The van der Waals surface area contributed by atoms with Gasteiger partial charge in [0.1, 0.15) is 19.3 Å². The highest BCUT2D eigenvalue weighted by molar-refractivity contribution is 7.47. The first kappa shape index (κ1) is 75.1. The largest absolute Gasteiger partial charge is 0.472 e. The minimum atomic E-state index is -4.93. The van der Waals surface area contributed by atoms with Gasteiger partial charge >= 0.3 is 39.5 Å². The van der Waals surface area contributed by atoms with Crippen molar-refractivity contribution < 1.29 is 80.2 Å². The van der Waals surface area contributed by atoms with E-state index in [1.807, 2.05) is 0 Å². The molecule has 0 aliphatic rings. The Bertz CT molecular complexity index is 1500. The Morgan fingerprint density at radius 2 is 0.519 bits per heavy atom. The second-order valence-corrected chi connectivity index (χ2v) is 23.9. The van der Waals surface area contributed by atoms with E-state index in [2.05, 4.69) is 27.7 Å². The molecule has 0 aliphatic heterocycles. The molecule has 0 aromatic heterocycles. The quantitative estimate of drug-likeness (QED) is 0.0222. The Morgan fingerprint density at radius 3 is 0.766 bits per heavy atom. The third kappa shape index (κ3) is 53.2. The van der Waals surface area contributed by atoms with Gasteiger partial charge in [-0.25, -0.2) is 9.13 Å². The summed E-state index contributed by atoms with van der Waals surface area (Å²) >= 11 is 0. The van der Waals surface area contributed by atoms with Crippen molar-refractivity contribution in [2.24, 2.45) is 0 Å². The number of aliphatic hydroxyl groups is 1. The average Bonchev–Trinajstić information content (AvgIpc) is 3.40. The topological polar surface area (TPSA) is 237 Å². The summed E-state index contributed by atoms with van der Waals surface area (Å²) in [4.78, 5) is 71.6. The van der Waals surface area contributed by atoms with E-state index in [1.54, 1.807) is 0 Å². The summed E-state index contributed by atoms with van der Waals surface area (Å²) in [5.41, 5.74) is 0. The summed E-state index contributed by atoms with van der Waals surface area (Å²) < 4.78 is 67.5. The number of aliphatic hydroxyl groups excluding tert-OH is 1. The maximum absolute atomic E-state index is 12.9. The Morgan fingerprint density at radius 1 is 0.312 bits per heavy atom. The number of hydrogen-bond acceptors (Lipinski definition) is 15. The zero-order valence-electron chi connectivity index (χ0n) is 48.9. The number of hydrogen-bond donors (Lipinski definition) is 3. The molecule has 0 rings (SSSR count). The first-order chi connectivity index (χ1) is 37.2. The van der Waals surface area contributed by atoms with Gasteiger partial charge in [0, 0.05) is 25.7 Å². The second kappa shape index (κ2) is 53.4. The van der Waals surface area contributed by atoms with Crippen molar-refractivity contribution in [2.75, 3.05) is 39.6 Å². The number of esters is 4. The molecular weight excluding hydrogens is 1030 g/mol. The molecule has 19 heteroatoms. The number of phosphoric ester groups is 2. The SMILES string of the molecule is CCCCCCCCCCCCCCCC(=O)O[C@H](COC(=O)CCCCCCCCCCCCCC)COP(=O)(O)OC[C@@H](O)COP(=O)(O)OC[C@@H](COC(=O)CCCCCCC)OC(=O)CCCCCCCCC. The summed E-state index contributed by atoms with van der Waals surface area (Å²) in [6, 6.07) is 0. The van der Waals surface area contributed by atoms with Crippen LogP contribution in [0.2, 0.25) is 0 Å². The molecule has 0 spiro atoms. The van der Waals surface area contributed by atoms with Gasteiger partial charge in [-0.15, -0.1) is 0 Å². The van der Waals surface area contributed by atoms with Gasteiger partial charge in [-0.3, -0.25) is 37.3 Å². The van der Waals surface area contributed by atoms with E-state index >= 15 is 0 Å². The van der Waals surface area contributed by atoms with Crippen LogP contribution in [-0.2, 0) is 65.4 Å². The molecular formula is C58H112O17P2. The van der Waals surface area contributed by atoms with Crippen molar-refractivity contribution >= 4 is 39.5 Å². The molecule has 0 fully saturated rings. The van der Waals surface area contributed by atoms with Crippen LogP contribution in [0.1, 0.15) is 291 Å². The Kier molecular flexibility index (Phi) is 52.0. The molecule has 0 radical (unpaired) electrons. The van der Waals surface area contributed by atoms with E-state index in [9.17, 15) is 43.2 Å². The van der Waals surface area contributed by atoms with E-state index in [0.29, 0.717) is 25.7 Å². The van der Waals surface area contributed by atoms with E-state index < -0.39 is 97.5 Å². The molecule has 5 atom stereocenters. The van der Waals surface area contributed by atoms with Crippen molar-refractivity contribution in [1.82, 2.24) is 0 Å². The van der Waals surface area contributed by atoms with Crippen LogP contribution in [0.4, 0.5) is 0 Å². The van der Waals surface area contributed by atoms with Gasteiger partial charge in [0.25, 0.3) is 0 Å². The van der Waals surface area contributed by atoms with Gasteiger partial charge in [-0.05, 0) is 25.7 Å². The van der Waals surface area contributed by atoms with Crippen molar-refractivity contribution in [2.45, 2.75) is 309 Å². The van der Waals surface area contributed by atoms with Gasteiger partial charge in [0.05, 0.1) is 26.4 Å². The zero-order valence-corrected chi connectivity index (χ0v) is 50.7. The van der Waals surface area contributed by atoms with Gasteiger partial charge in [0.2, 0.25) is 0 Å². The van der Waals surface area contributed by atoms with Crippen molar-refractivity contribution in [1.29, 1.82) is 0 Å². The molecule has 0 saturated carbocycles. The third-order valence-electron chi connectivity index (χ3n) is 13.4. The first-order valence-electron chi connectivity index (χ1n) is 30.8. The standard InChI is InChI=1S/C58H112O17P2/c1-5-9-13-17-20-22-24-26-28-30-33-37-41-45-58(63)75-54(49-69-56(61)43-39-35-32-29-27-25-23-21-18-14-10-6-2)51-73-77(66,67)71-47-52(59)46-70-76(64,65)72-50-53(48-68-55(60)42-38-34-16-12-8-4)74-57(62)44-40-36-31-19-15-11-7-3/h52-54,59H,5-51H2,1-4H3,(H,64,65)(H,66,67)/t52-,53+,54+/m0/s1. The number of unbranched alkanes of at least 4 members (excludes halogenated alkanes) is 33. The average molecular weight is 1140 g/mol. The smallest absolute Gasteiger partial charge is 0.462 e. The number of carbonyl (C=O) groups excluding carboxylic acids is 4. The van der Waals surface area contributed by atoms with Crippen LogP contribution < -0.4 is 0 Å².